The Kier molecular flexibility index (Phi) is 6.59. The summed E-state index contributed by atoms with van der Waals surface area (Å²) in [6.45, 7) is 2.55. The van der Waals surface area contributed by atoms with Crippen molar-refractivity contribution in [2.45, 2.75) is 6.92 Å². The summed E-state index contributed by atoms with van der Waals surface area (Å²) in [6.07, 6.45) is 3.19. The highest BCUT2D eigenvalue weighted by molar-refractivity contribution is 6.02. The summed E-state index contributed by atoms with van der Waals surface area (Å²) in [5.74, 6) is 0.565. The van der Waals surface area contributed by atoms with E-state index < -0.39 is 0 Å². The molecule has 0 spiro atoms. The second-order valence-corrected chi connectivity index (χ2v) is 5.11. The van der Waals surface area contributed by atoms with Crippen molar-refractivity contribution in [2.24, 2.45) is 0 Å². The highest BCUT2D eigenvalue weighted by Gasteiger charge is 2.01. The highest BCUT2D eigenvalue weighted by atomic mass is 16.5. The Morgan fingerprint density at radius 3 is 2.12 bits per heavy atom. The Hall–Kier alpha value is -3.28. The van der Waals surface area contributed by atoms with Crippen LogP contribution < -0.4 is 20.7 Å². The third kappa shape index (κ3) is 6.02. The smallest absolute Gasteiger partial charge is 0.318 e. The van der Waals surface area contributed by atoms with Crippen LogP contribution in [0.3, 0.4) is 0 Å². The number of ether oxygens (including phenoxy) is 1. The van der Waals surface area contributed by atoms with Crippen LogP contribution in [0.1, 0.15) is 12.5 Å². The molecule has 0 aliphatic heterocycles. The molecule has 6 nitrogen and oxygen atoms in total. The minimum atomic E-state index is -0.296. The number of hydrogen-bond donors (Lipinski definition) is 3. The van der Waals surface area contributed by atoms with Gasteiger partial charge in [-0.15, -0.1) is 0 Å². The second-order valence-electron chi connectivity index (χ2n) is 5.11. The average molecular weight is 339 g/mol. The van der Waals surface area contributed by atoms with Crippen molar-refractivity contribution in [3.8, 4) is 5.75 Å². The minimum Gasteiger partial charge on any atom is -0.494 e. The van der Waals surface area contributed by atoms with Crippen LogP contribution in [-0.2, 0) is 4.79 Å². The zero-order chi connectivity index (χ0) is 18.1. The Bertz CT molecular complexity index is 738. The largest absolute Gasteiger partial charge is 0.494 e. The Balaban J connectivity index is 1.89. The molecule has 130 valence electrons. The van der Waals surface area contributed by atoms with Gasteiger partial charge in [-0.3, -0.25) is 4.79 Å². The summed E-state index contributed by atoms with van der Waals surface area (Å²) in [5, 5.41) is 7.87. The molecule has 2 rings (SSSR count). The Morgan fingerprint density at radius 2 is 1.56 bits per heavy atom. The Labute approximate surface area is 146 Å². The van der Waals surface area contributed by atoms with Crippen molar-refractivity contribution in [1.29, 1.82) is 0 Å². The van der Waals surface area contributed by atoms with Crippen molar-refractivity contribution >= 4 is 29.4 Å². The van der Waals surface area contributed by atoms with Gasteiger partial charge in [-0.05, 0) is 55.0 Å². The first-order valence-corrected chi connectivity index (χ1v) is 7.91. The van der Waals surface area contributed by atoms with E-state index in [1.807, 2.05) is 31.2 Å². The van der Waals surface area contributed by atoms with Crippen LogP contribution in [0, 0.1) is 0 Å². The van der Waals surface area contributed by atoms with Gasteiger partial charge in [0.05, 0.1) is 6.61 Å². The van der Waals surface area contributed by atoms with Gasteiger partial charge in [-0.25, -0.2) is 4.79 Å². The zero-order valence-electron chi connectivity index (χ0n) is 14.2. The summed E-state index contributed by atoms with van der Waals surface area (Å²) in [7, 11) is 1.54. The summed E-state index contributed by atoms with van der Waals surface area (Å²) in [4.78, 5) is 23.2. The molecule has 0 saturated carbocycles. The molecule has 0 bridgehead atoms. The van der Waals surface area contributed by atoms with Gasteiger partial charge >= 0.3 is 6.03 Å². The Morgan fingerprint density at radius 1 is 0.960 bits per heavy atom. The third-order valence-electron chi connectivity index (χ3n) is 3.26. The molecule has 6 heteroatoms. The molecule has 25 heavy (non-hydrogen) atoms. The number of anilines is 2. The van der Waals surface area contributed by atoms with Crippen LogP contribution in [0.15, 0.2) is 54.6 Å². The van der Waals surface area contributed by atoms with Gasteiger partial charge in [0.15, 0.2) is 0 Å². The normalized spacial score (nSPS) is 10.3. The maximum Gasteiger partial charge on any atom is 0.318 e. The van der Waals surface area contributed by atoms with E-state index in [0.29, 0.717) is 18.0 Å². The SMILES string of the molecule is CCOc1ccc(/C=C/C(=O)Nc2ccc(NC(=O)NC)cc2)cc1. The molecule has 3 amide bonds. The fraction of sp³-hybridized carbons (Fsp3) is 0.158. The molecule has 0 atom stereocenters. The maximum absolute atomic E-state index is 12.0. The van der Waals surface area contributed by atoms with Crippen molar-refractivity contribution in [3.63, 3.8) is 0 Å². The molecule has 0 heterocycles. The number of benzene rings is 2. The average Bonchev–Trinajstić information content (AvgIpc) is 2.63. The lowest BCUT2D eigenvalue weighted by Gasteiger charge is -2.06. The van der Waals surface area contributed by atoms with Gasteiger partial charge in [0, 0.05) is 24.5 Å². The van der Waals surface area contributed by atoms with E-state index in [1.54, 1.807) is 37.4 Å². The molecule has 0 fully saturated rings. The molecule has 3 N–H and O–H groups in total. The molecule has 0 saturated heterocycles. The molecular weight excluding hydrogens is 318 g/mol. The van der Waals surface area contributed by atoms with Gasteiger partial charge < -0.3 is 20.7 Å². The minimum absolute atomic E-state index is 0.235. The van der Waals surface area contributed by atoms with Crippen LogP contribution in [0.2, 0.25) is 0 Å². The number of urea groups is 1. The van der Waals surface area contributed by atoms with Crippen molar-refractivity contribution in [2.75, 3.05) is 24.3 Å². The first-order valence-electron chi connectivity index (χ1n) is 7.91. The van der Waals surface area contributed by atoms with Gasteiger partial charge in [-0.2, -0.15) is 0 Å². The standard InChI is InChI=1S/C19H21N3O3/c1-3-25-17-11-4-14(5-12-17)6-13-18(23)21-15-7-9-16(10-8-15)22-19(24)20-2/h4-13H,3H2,1-2H3,(H,21,23)(H2,20,22,24)/b13-6+. The number of rotatable bonds is 6. The number of carbonyl (C=O) groups excluding carboxylic acids is 2. The van der Waals surface area contributed by atoms with E-state index in [0.717, 1.165) is 11.3 Å². The quantitative estimate of drug-likeness (QED) is 0.705. The molecule has 0 unspecified atom stereocenters. The monoisotopic (exact) mass is 339 g/mol. The summed E-state index contributed by atoms with van der Waals surface area (Å²) >= 11 is 0. The van der Waals surface area contributed by atoms with Gasteiger partial charge in [0.25, 0.3) is 0 Å². The summed E-state index contributed by atoms with van der Waals surface area (Å²) in [5.41, 5.74) is 2.19. The van der Waals surface area contributed by atoms with Crippen LogP contribution in [0.25, 0.3) is 6.08 Å². The van der Waals surface area contributed by atoms with Gasteiger partial charge in [0.2, 0.25) is 5.91 Å². The predicted octanol–water partition coefficient (Wildman–Crippen LogP) is 3.49. The van der Waals surface area contributed by atoms with Crippen molar-refractivity contribution < 1.29 is 14.3 Å². The van der Waals surface area contributed by atoms with Crippen molar-refractivity contribution in [3.05, 3.63) is 60.2 Å². The van der Waals surface area contributed by atoms with E-state index in [-0.39, 0.29) is 11.9 Å². The van der Waals surface area contributed by atoms with Gasteiger partial charge in [-0.1, -0.05) is 12.1 Å². The lowest BCUT2D eigenvalue weighted by molar-refractivity contribution is -0.111. The van der Waals surface area contributed by atoms with Crippen LogP contribution in [0.4, 0.5) is 16.2 Å². The lowest BCUT2D eigenvalue weighted by Crippen LogP contribution is -2.24. The first kappa shape index (κ1) is 18.1. The summed E-state index contributed by atoms with van der Waals surface area (Å²) < 4.78 is 5.37. The van der Waals surface area contributed by atoms with E-state index in [1.165, 1.54) is 6.08 Å². The molecule has 0 aliphatic carbocycles. The first-order chi connectivity index (χ1) is 12.1. The fourth-order valence-corrected chi connectivity index (χ4v) is 2.03. The van der Waals surface area contributed by atoms with E-state index in [9.17, 15) is 9.59 Å². The number of carbonyl (C=O) groups is 2. The lowest BCUT2D eigenvalue weighted by atomic mass is 10.2. The van der Waals surface area contributed by atoms with Crippen LogP contribution in [-0.4, -0.2) is 25.6 Å². The van der Waals surface area contributed by atoms with E-state index >= 15 is 0 Å². The number of hydrogen-bond acceptors (Lipinski definition) is 3. The van der Waals surface area contributed by atoms with Crippen LogP contribution >= 0.6 is 0 Å². The molecule has 2 aromatic rings. The molecular formula is C19H21N3O3. The van der Waals surface area contributed by atoms with Crippen molar-refractivity contribution in [1.82, 2.24) is 5.32 Å². The number of amides is 3. The molecule has 0 aliphatic rings. The van der Waals surface area contributed by atoms with Crippen LogP contribution in [0.5, 0.6) is 5.75 Å². The zero-order valence-corrected chi connectivity index (χ0v) is 14.2. The highest BCUT2D eigenvalue weighted by Crippen LogP contribution is 2.15. The topological polar surface area (TPSA) is 79.5 Å². The predicted molar refractivity (Wildman–Crippen MR) is 99.8 cm³/mol. The van der Waals surface area contributed by atoms with E-state index in [2.05, 4.69) is 16.0 Å². The fourth-order valence-electron chi connectivity index (χ4n) is 2.03. The molecule has 2 aromatic carbocycles. The van der Waals surface area contributed by atoms with E-state index in [4.69, 9.17) is 4.74 Å². The molecule has 0 radical (unpaired) electrons. The summed E-state index contributed by atoms with van der Waals surface area (Å²) in [6, 6.07) is 14.0. The third-order valence-corrected chi connectivity index (χ3v) is 3.26. The second kappa shape index (κ2) is 9.12. The maximum atomic E-state index is 12.0. The molecule has 0 aromatic heterocycles. The van der Waals surface area contributed by atoms with Gasteiger partial charge in [0.1, 0.15) is 5.75 Å². The number of nitrogens with one attached hydrogen (secondary N) is 3.